The van der Waals surface area contributed by atoms with Gasteiger partial charge in [0, 0.05) is 0 Å². The molecule has 0 aromatic heterocycles. The van der Waals surface area contributed by atoms with E-state index in [1.165, 1.54) is 11.8 Å². The zero-order valence-corrected chi connectivity index (χ0v) is 9.02. The van der Waals surface area contributed by atoms with Crippen molar-refractivity contribution in [3.63, 3.8) is 0 Å². The third-order valence-corrected chi connectivity index (χ3v) is 3.07. The highest BCUT2D eigenvalue weighted by atomic mass is 32.2. The molecule has 0 unspecified atom stereocenters. The van der Waals surface area contributed by atoms with Gasteiger partial charge in [0.05, 0.1) is 5.75 Å². The van der Waals surface area contributed by atoms with E-state index in [4.69, 9.17) is 5.11 Å². The average molecular weight is 217 g/mol. The van der Waals surface area contributed by atoms with E-state index in [0.29, 0.717) is 18.6 Å². The number of carboxylic acids is 1. The molecule has 0 aliphatic heterocycles. The molecule has 1 rings (SSSR count). The number of thioether (sulfide) groups is 1. The van der Waals surface area contributed by atoms with Crippen molar-refractivity contribution in [3.8, 4) is 0 Å². The van der Waals surface area contributed by atoms with Gasteiger partial charge in [-0.2, -0.15) is 11.8 Å². The molecule has 0 saturated heterocycles. The summed E-state index contributed by atoms with van der Waals surface area (Å²) in [6.45, 7) is 0. The van der Waals surface area contributed by atoms with Crippen LogP contribution in [0.25, 0.3) is 0 Å². The Morgan fingerprint density at radius 1 is 1.43 bits per heavy atom. The lowest BCUT2D eigenvalue weighted by Gasteiger charge is -2.25. The van der Waals surface area contributed by atoms with Crippen LogP contribution in [0.5, 0.6) is 0 Å². The molecule has 80 valence electrons. The second-order valence-electron chi connectivity index (χ2n) is 3.58. The van der Waals surface area contributed by atoms with Gasteiger partial charge in [0.2, 0.25) is 5.91 Å². The molecule has 0 radical (unpaired) electrons. The predicted octanol–water partition coefficient (Wildman–Crippen LogP) is 0.863. The number of carbonyl (C=O) groups excluding carboxylic acids is 1. The Morgan fingerprint density at radius 2 is 2.00 bits per heavy atom. The summed E-state index contributed by atoms with van der Waals surface area (Å²) in [5.74, 6) is -0.749. The minimum absolute atomic E-state index is 0.179. The summed E-state index contributed by atoms with van der Waals surface area (Å²) >= 11 is 1.40. The molecule has 0 heterocycles. The first kappa shape index (κ1) is 11.4. The molecule has 0 aromatic carbocycles. The highest BCUT2D eigenvalue weighted by molar-refractivity contribution is 7.99. The first-order valence-electron chi connectivity index (χ1n) is 4.64. The molecule has 14 heavy (non-hydrogen) atoms. The summed E-state index contributed by atoms with van der Waals surface area (Å²) in [7, 11) is 0. The van der Waals surface area contributed by atoms with Crippen molar-refractivity contribution in [1.29, 1.82) is 0 Å². The van der Waals surface area contributed by atoms with E-state index < -0.39 is 11.5 Å². The van der Waals surface area contributed by atoms with Crippen LogP contribution in [0.2, 0.25) is 0 Å². The number of carboxylic acid groups (broad SMARTS) is 1. The van der Waals surface area contributed by atoms with Crippen molar-refractivity contribution in [2.24, 2.45) is 0 Å². The van der Waals surface area contributed by atoms with E-state index in [1.54, 1.807) is 0 Å². The number of amides is 1. The topological polar surface area (TPSA) is 66.4 Å². The van der Waals surface area contributed by atoms with Gasteiger partial charge in [0.1, 0.15) is 5.54 Å². The molecule has 0 aromatic rings. The fourth-order valence-electron chi connectivity index (χ4n) is 1.80. The van der Waals surface area contributed by atoms with Gasteiger partial charge < -0.3 is 10.4 Å². The maximum Gasteiger partial charge on any atom is 0.329 e. The van der Waals surface area contributed by atoms with Crippen molar-refractivity contribution in [3.05, 3.63) is 0 Å². The van der Waals surface area contributed by atoms with Crippen LogP contribution in [0.1, 0.15) is 25.7 Å². The van der Waals surface area contributed by atoms with E-state index in [1.807, 2.05) is 6.26 Å². The number of aliphatic carboxylic acids is 1. The highest BCUT2D eigenvalue weighted by Gasteiger charge is 2.42. The predicted molar refractivity (Wildman–Crippen MR) is 55.4 cm³/mol. The SMILES string of the molecule is CSCC(=O)NC1(C(=O)O)CCCC1. The highest BCUT2D eigenvalue weighted by Crippen LogP contribution is 2.29. The van der Waals surface area contributed by atoms with Crippen LogP contribution in [0.15, 0.2) is 0 Å². The molecular formula is C9H15NO3S. The largest absolute Gasteiger partial charge is 0.480 e. The van der Waals surface area contributed by atoms with Crippen molar-refractivity contribution in [2.45, 2.75) is 31.2 Å². The van der Waals surface area contributed by atoms with Gasteiger partial charge in [-0.3, -0.25) is 4.79 Å². The molecule has 5 heteroatoms. The van der Waals surface area contributed by atoms with Crippen LogP contribution in [0.4, 0.5) is 0 Å². The van der Waals surface area contributed by atoms with Crippen molar-refractivity contribution in [2.75, 3.05) is 12.0 Å². The Hall–Kier alpha value is -0.710. The van der Waals surface area contributed by atoms with Crippen LogP contribution >= 0.6 is 11.8 Å². The lowest BCUT2D eigenvalue weighted by atomic mass is 9.98. The molecule has 0 bridgehead atoms. The van der Waals surface area contributed by atoms with E-state index in [0.717, 1.165) is 12.8 Å². The number of hydrogen-bond donors (Lipinski definition) is 2. The van der Waals surface area contributed by atoms with Crippen molar-refractivity contribution >= 4 is 23.6 Å². The standard InChI is InChI=1S/C9H15NO3S/c1-14-6-7(11)10-9(8(12)13)4-2-3-5-9/h2-6H2,1H3,(H,10,11)(H,12,13). The summed E-state index contributed by atoms with van der Waals surface area (Å²) in [4.78, 5) is 22.4. The van der Waals surface area contributed by atoms with Crippen LogP contribution in [0.3, 0.4) is 0 Å². The summed E-state index contributed by atoms with van der Waals surface area (Å²) in [6, 6.07) is 0. The Morgan fingerprint density at radius 3 is 2.43 bits per heavy atom. The summed E-state index contributed by atoms with van der Waals surface area (Å²) in [5.41, 5.74) is -0.979. The summed E-state index contributed by atoms with van der Waals surface area (Å²) in [6.07, 6.45) is 4.70. The van der Waals surface area contributed by atoms with Crippen LogP contribution in [0, 0.1) is 0 Å². The summed E-state index contributed by atoms with van der Waals surface area (Å²) in [5, 5.41) is 11.7. The van der Waals surface area contributed by atoms with Crippen LogP contribution in [-0.2, 0) is 9.59 Å². The second kappa shape index (κ2) is 4.68. The third kappa shape index (κ3) is 2.41. The van der Waals surface area contributed by atoms with Gasteiger partial charge in [-0.15, -0.1) is 0 Å². The van der Waals surface area contributed by atoms with Gasteiger partial charge >= 0.3 is 5.97 Å². The Labute approximate surface area is 87.4 Å². The molecule has 0 spiro atoms. The maximum absolute atomic E-state index is 11.3. The van der Waals surface area contributed by atoms with E-state index in [9.17, 15) is 9.59 Å². The molecule has 0 atom stereocenters. The molecular weight excluding hydrogens is 202 g/mol. The molecule has 1 amide bonds. The lowest BCUT2D eigenvalue weighted by molar-refractivity contribution is -0.147. The van der Waals surface area contributed by atoms with Crippen molar-refractivity contribution < 1.29 is 14.7 Å². The summed E-state index contributed by atoms with van der Waals surface area (Å²) < 4.78 is 0. The maximum atomic E-state index is 11.3. The number of hydrogen-bond acceptors (Lipinski definition) is 3. The van der Waals surface area contributed by atoms with Gasteiger partial charge in [-0.25, -0.2) is 4.79 Å². The normalized spacial score (nSPS) is 19.2. The number of carbonyl (C=O) groups is 2. The number of rotatable bonds is 4. The van der Waals surface area contributed by atoms with Crippen molar-refractivity contribution in [1.82, 2.24) is 5.32 Å². The monoisotopic (exact) mass is 217 g/mol. The van der Waals surface area contributed by atoms with Crippen LogP contribution in [-0.4, -0.2) is 34.5 Å². The molecule has 1 aliphatic rings. The third-order valence-electron chi connectivity index (χ3n) is 2.52. The van der Waals surface area contributed by atoms with Gasteiger partial charge in [0.15, 0.2) is 0 Å². The first-order valence-corrected chi connectivity index (χ1v) is 6.03. The molecule has 1 fully saturated rings. The van der Waals surface area contributed by atoms with E-state index >= 15 is 0 Å². The lowest BCUT2D eigenvalue weighted by Crippen LogP contribution is -2.53. The van der Waals surface area contributed by atoms with Crippen LogP contribution < -0.4 is 5.32 Å². The average Bonchev–Trinajstić information content (AvgIpc) is 2.54. The smallest absolute Gasteiger partial charge is 0.329 e. The first-order chi connectivity index (χ1) is 6.60. The fraction of sp³-hybridized carbons (Fsp3) is 0.778. The van der Waals surface area contributed by atoms with Gasteiger partial charge in [-0.05, 0) is 19.1 Å². The zero-order chi connectivity index (χ0) is 10.6. The van der Waals surface area contributed by atoms with Gasteiger partial charge in [-0.1, -0.05) is 12.8 Å². The molecule has 1 saturated carbocycles. The molecule has 1 aliphatic carbocycles. The second-order valence-corrected chi connectivity index (χ2v) is 4.44. The fourth-order valence-corrected chi connectivity index (χ4v) is 2.14. The van der Waals surface area contributed by atoms with E-state index in [2.05, 4.69) is 5.32 Å². The minimum atomic E-state index is -0.979. The number of nitrogens with one attached hydrogen (secondary N) is 1. The molecule has 2 N–H and O–H groups in total. The molecule has 4 nitrogen and oxygen atoms in total. The Bertz CT molecular complexity index is 236. The minimum Gasteiger partial charge on any atom is -0.480 e. The quantitative estimate of drug-likeness (QED) is 0.733. The van der Waals surface area contributed by atoms with E-state index in [-0.39, 0.29) is 5.91 Å². The zero-order valence-electron chi connectivity index (χ0n) is 8.21. The Kier molecular flexibility index (Phi) is 3.80. The Balaban J connectivity index is 2.60. The van der Waals surface area contributed by atoms with Gasteiger partial charge in [0.25, 0.3) is 0 Å².